The van der Waals surface area contributed by atoms with Crippen molar-refractivity contribution in [3.05, 3.63) is 83.7 Å². The van der Waals surface area contributed by atoms with E-state index in [0.29, 0.717) is 24.7 Å². The van der Waals surface area contributed by atoms with E-state index in [1.807, 2.05) is 53.4 Å². The van der Waals surface area contributed by atoms with E-state index in [0.717, 1.165) is 24.1 Å². The summed E-state index contributed by atoms with van der Waals surface area (Å²) in [6.07, 6.45) is 3.60. The number of nitrogens with one attached hydrogen (secondary N) is 1. The number of fused-ring (bicyclic) bond motifs is 1. The molecule has 0 radical (unpaired) electrons. The van der Waals surface area contributed by atoms with Gasteiger partial charge >= 0.3 is 0 Å². The molecule has 3 aromatic rings. The number of hydrogen-bond donors (Lipinski definition) is 1. The Kier molecular flexibility index (Phi) is 4.60. The van der Waals surface area contributed by atoms with E-state index < -0.39 is 0 Å². The van der Waals surface area contributed by atoms with E-state index in [1.54, 1.807) is 12.3 Å². The minimum atomic E-state index is -0.0812. The van der Waals surface area contributed by atoms with Gasteiger partial charge in [0.15, 0.2) is 0 Å². The van der Waals surface area contributed by atoms with Crippen LogP contribution in [0.4, 0.5) is 11.6 Å². The molecule has 5 heteroatoms. The number of carbonyl (C=O) groups excluding carboxylic acids is 1. The van der Waals surface area contributed by atoms with Crippen LogP contribution in [0.5, 0.6) is 0 Å². The van der Waals surface area contributed by atoms with Crippen LogP contribution in [0.15, 0.2) is 66.9 Å². The summed E-state index contributed by atoms with van der Waals surface area (Å²) in [5.74, 6) is 0.382. The summed E-state index contributed by atoms with van der Waals surface area (Å²) in [6.45, 7) is 1.33. The second-order valence-corrected chi connectivity index (χ2v) is 6.29. The van der Waals surface area contributed by atoms with Crippen molar-refractivity contribution in [2.24, 2.45) is 0 Å². The van der Waals surface area contributed by atoms with Crippen LogP contribution in [0.1, 0.15) is 28.0 Å². The van der Waals surface area contributed by atoms with Crippen LogP contribution in [0.3, 0.4) is 0 Å². The quantitative estimate of drug-likeness (QED) is 0.784. The largest absolute Gasteiger partial charge is 0.350 e. The van der Waals surface area contributed by atoms with Crippen molar-refractivity contribution >= 4 is 17.5 Å². The summed E-state index contributed by atoms with van der Waals surface area (Å²) in [7, 11) is 0. The molecule has 4 rings (SSSR count). The van der Waals surface area contributed by atoms with Crippen LogP contribution in [0.2, 0.25) is 0 Å². The van der Waals surface area contributed by atoms with Gasteiger partial charge in [-0.25, -0.2) is 9.97 Å². The van der Waals surface area contributed by atoms with E-state index in [1.165, 1.54) is 5.56 Å². The number of aromatic nitrogens is 2. The third-order valence-electron chi connectivity index (χ3n) is 4.52. The average molecular weight is 344 g/mol. The van der Waals surface area contributed by atoms with Gasteiger partial charge in [0.05, 0.1) is 0 Å². The van der Waals surface area contributed by atoms with Crippen LogP contribution < -0.4 is 10.2 Å². The summed E-state index contributed by atoms with van der Waals surface area (Å²) in [5, 5.41) is 3.19. The molecule has 0 unspecified atom stereocenters. The monoisotopic (exact) mass is 344 g/mol. The Bertz CT molecular complexity index is 911. The zero-order valence-corrected chi connectivity index (χ0v) is 14.4. The molecule has 1 aliphatic heterocycles. The third kappa shape index (κ3) is 3.42. The summed E-state index contributed by atoms with van der Waals surface area (Å²) in [5.41, 5.74) is 3.75. The van der Waals surface area contributed by atoms with Crippen molar-refractivity contribution in [1.29, 1.82) is 0 Å². The number of benzene rings is 2. The number of nitrogens with zero attached hydrogens (tertiary/aromatic N) is 3. The molecule has 0 spiro atoms. The molecule has 1 amide bonds. The van der Waals surface area contributed by atoms with E-state index in [4.69, 9.17) is 0 Å². The number of hydrogen-bond acceptors (Lipinski definition) is 4. The van der Waals surface area contributed by atoms with Gasteiger partial charge in [-0.15, -0.1) is 0 Å². The Morgan fingerprint density at radius 3 is 2.73 bits per heavy atom. The number of rotatable bonds is 4. The Balaban J connectivity index is 1.52. The number of carbonyl (C=O) groups is 1. The molecule has 1 aliphatic rings. The Morgan fingerprint density at radius 1 is 1.04 bits per heavy atom. The van der Waals surface area contributed by atoms with Gasteiger partial charge in [-0.3, -0.25) is 4.79 Å². The zero-order chi connectivity index (χ0) is 17.8. The molecule has 26 heavy (non-hydrogen) atoms. The normalized spacial score (nSPS) is 13.2. The van der Waals surface area contributed by atoms with E-state index in [9.17, 15) is 4.79 Å². The number of amides is 1. The Labute approximate surface area is 152 Å². The summed E-state index contributed by atoms with van der Waals surface area (Å²) >= 11 is 0. The Hall–Kier alpha value is -3.21. The van der Waals surface area contributed by atoms with Crippen LogP contribution in [-0.2, 0) is 13.0 Å². The first-order valence-corrected chi connectivity index (χ1v) is 8.82. The molecule has 2 aromatic carbocycles. The van der Waals surface area contributed by atoms with Gasteiger partial charge in [0.1, 0.15) is 5.69 Å². The second kappa shape index (κ2) is 7.35. The molecule has 5 nitrogen and oxygen atoms in total. The first-order chi connectivity index (χ1) is 12.8. The maximum absolute atomic E-state index is 13.0. The van der Waals surface area contributed by atoms with Gasteiger partial charge in [-0.2, -0.15) is 0 Å². The molecule has 130 valence electrons. The molecule has 0 fully saturated rings. The van der Waals surface area contributed by atoms with Crippen molar-refractivity contribution in [3.63, 3.8) is 0 Å². The van der Waals surface area contributed by atoms with Gasteiger partial charge in [-0.1, -0.05) is 48.5 Å². The molecule has 0 saturated carbocycles. The summed E-state index contributed by atoms with van der Waals surface area (Å²) < 4.78 is 0. The van der Waals surface area contributed by atoms with Crippen LogP contribution in [0, 0.1) is 0 Å². The number of anilines is 2. The van der Waals surface area contributed by atoms with E-state index >= 15 is 0 Å². The van der Waals surface area contributed by atoms with Gasteiger partial charge in [0.2, 0.25) is 5.95 Å². The fraction of sp³-hybridized carbons (Fsp3) is 0.190. The third-order valence-corrected chi connectivity index (χ3v) is 4.52. The fourth-order valence-electron chi connectivity index (χ4n) is 3.22. The lowest BCUT2D eigenvalue weighted by atomic mass is 10.0. The number of aryl methyl sites for hydroxylation is 1. The van der Waals surface area contributed by atoms with Gasteiger partial charge in [0.25, 0.3) is 5.91 Å². The topological polar surface area (TPSA) is 58.1 Å². The highest BCUT2D eigenvalue weighted by Crippen LogP contribution is 2.27. The molecule has 0 atom stereocenters. The smallest absolute Gasteiger partial charge is 0.277 e. The minimum Gasteiger partial charge on any atom is -0.350 e. The van der Waals surface area contributed by atoms with Crippen molar-refractivity contribution in [2.75, 3.05) is 16.8 Å². The Morgan fingerprint density at radius 2 is 1.85 bits per heavy atom. The van der Waals surface area contributed by atoms with Gasteiger partial charge in [0, 0.05) is 25.0 Å². The SMILES string of the molecule is O=C(c1ccnc(NCc2ccccc2)n1)N1CCCc2ccccc21. The summed E-state index contributed by atoms with van der Waals surface area (Å²) in [4.78, 5) is 23.5. The molecule has 0 bridgehead atoms. The van der Waals surface area contributed by atoms with E-state index in [2.05, 4.69) is 21.4 Å². The van der Waals surface area contributed by atoms with Gasteiger partial charge in [-0.05, 0) is 36.1 Å². The first kappa shape index (κ1) is 16.3. The molecule has 2 heterocycles. The van der Waals surface area contributed by atoms with Crippen molar-refractivity contribution < 1.29 is 4.79 Å². The lowest BCUT2D eigenvalue weighted by Gasteiger charge is -2.29. The van der Waals surface area contributed by atoms with Crippen LogP contribution in [0.25, 0.3) is 0 Å². The molecular formula is C21H20N4O. The summed E-state index contributed by atoms with van der Waals surface area (Å²) in [6, 6.07) is 19.8. The molecular weight excluding hydrogens is 324 g/mol. The highest BCUT2D eigenvalue weighted by molar-refractivity contribution is 6.05. The zero-order valence-electron chi connectivity index (χ0n) is 14.4. The lowest BCUT2D eigenvalue weighted by Crippen LogP contribution is -2.36. The molecule has 0 saturated heterocycles. The lowest BCUT2D eigenvalue weighted by molar-refractivity contribution is 0.0980. The standard InChI is InChI=1S/C21H20N4O/c26-20(25-14-6-10-17-9-4-5-11-19(17)25)18-12-13-22-21(24-18)23-15-16-7-2-1-3-8-16/h1-5,7-9,11-13H,6,10,14-15H2,(H,22,23,24). The van der Waals surface area contributed by atoms with Crippen LogP contribution >= 0.6 is 0 Å². The fourth-order valence-corrected chi connectivity index (χ4v) is 3.22. The molecule has 1 aromatic heterocycles. The average Bonchev–Trinajstić information content (AvgIpc) is 2.72. The maximum Gasteiger partial charge on any atom is 0.277 e. The first-order valence-electron chi connectivity index (χ1n) is 8.82. The second-order valence-electron chi connectivity index (χ2n) is 6.29. The van der Waals surface area contributed by atoms with Crippen molar-refractivity contribution in [1.82, 2.24) is 9.97 Å². The van der Waals surface area contributed by atoms with Gasteiger partial charge < -0.3 is 10.2 Å². The number of para-hydroxylation sites is 1. The predicted octanol–water partition coefficient (Wildman–Crippen LogP) is 3.68. The van der Waals surface area contributed by atoms with Crippen LogP contribution in [-0.4, -0.2) is 22.4 Å². The predicted molar refractivity (Wildman–Crippen MR) is 102 cm³/mol. The molecule has 0 aliphatic carbocycles. The van der Waals surface area contributed by atoms with E-state index in [-0.39, 0.29) is 5.91 Å². The minimum absolute atomic E-state index is 0.0812. The maximum atomic E-state index is 13.0. The van der Waals surface area contributed by atoms with Crippen molar-refractivity contribution in [2.45, 2.75) is 19.4 Å². The highest BCUT2D eigenvalue weighted by atomic mass is 16.2. The van der Waals surface area contributed by atoms with Crippen molar-refractivity contribution in [3.8, 4) is 0 Å². The highest BCUT2D eigenvalue weighted by Gasteiger charge is 2.24. The molecule has 1 N–H and O–H groups in total.